The van der Waals surface area contributed by atoms with E-state index in [2.05, 4.69) is 34.6 Å². The lowest BCUT2D eigenvalue weighted by Gasteiger charge is -2.62. The number of fused-ring (bicyclic) bond motifs is 6. The average Bonchev–Trinajstić information content (AvgIpc) is 3.27. The van der Waals surface area contributed by atoms with E-state index < -0.39 is 11.9 Å². The fourth-order valence-electron chi connectivity index (χ4n) is 10.5. The molecule has 4 fully saturated rings. The summed E-state index contributed by atoms with van der Waals surface area (Å²) in [5.74, 6) is 4.25. The van der Waals surface area contributed by atoms with Crippen molar-refractivity contribution in [2.45, 2.75) is 117 Å². The van der Waals surface area contributed by atoms with Gasteiger partial charge >= 0.3 is 11.9 Å². The Labute approximate surface area is 236 Å². The van der Waals surface area contributed by atoms with Gasteiger partial charge in [-0.1, -0.05) is 53.9 Å². The van der Waals surface area contributed by atoms with Crippen LogP contribution in [0.4, 0.5) is 0 Å². The minimum Gasteiger partial charge on any atom is -0.464 e. The van der Waals surface area contributed by atoms with Crippen LogP contribution in [0.3, 0.4) is 0 Å². The fourth-order valence-corrected chi connectivity index (χ4v) is 10.5. The van der Waals surface area contributed by atoms with Crippen LogP contribution in [0, 0.1) is 52.3 Å². The van der Waals surface area contributed by atoms with Crippen LogP contribution in [0.25, 0.3) is 0 Å². The van der Waals surface area contributed by atoms with Gasteiger partial charge in [-0.2, -0.15) is 0 Å². The third-order valence-corrected chi connectivity index (χ3v) is 12.5. The van der Waals surface area contributed by atoms with E-state index in [0.717, 1.165) is 42.4 Å². The Balaban J connectivity index is 1.35. The normalized spacial score (nSPS) is 41.8. The Morgan fingerprint density at radius 1 is 0.846 bits per heavy atom. The SMILES string of the molecule is COC(=O)C1=NC2CC3CCC4C(CCC5(C)C(C(C)CCCC(C)C)CCC45)C3(C)CC2N=C1C(=O)OC. The van der Waals surface area contributed by atoms with E-state index in [9.17, 15) is 9.59 Å². The predicted molar refractivity (Wildman–Crippen MR) is 155 cm³/mol. The number of carbonyl (C=O) groups excluding carboxylic acids is 2. The number of ether oxygens (including phenoxy) is 2. The maximum absolute atomic E-state index is 12.6. The molecule has 10 atom stereocenters. The zero-order valence-electron chi connectivity index (χ0n) is 25.5. The number of hydrogen-bond acceptors (Lipinski definition) is 6. The first kappa shape index (κ1) is 28.8. The number of esters is 2. The van der Waals surface area contributed by atoms with Crippen LogP contribution in [-0.2, 0) is 19.1 Å². The van der Waals surface area contributed by atoms with Gasteiger partial charge in [-0.25, -0.2) is 9.59 Å². The molecule has 0 aromatic heterocycles. The fraction of sp³-hybridized carbons (Fsp3) is 0.879. The van der Waals surface area contributed by atoms with Gasteiger partial charge in [-0.15, -0.1) is 0 Å². The van der Waals surface area contributed by atoms with Gasteiger partial charge in [-0.3, -0.25) is 9.98 Å². The zero-order chi connectivity index (χ0) is 28.1. The first-order chi connectivity index (χ1) is 18.5. The lowest BCUT2D eigenvalue weighted by atomic mass is 9.44. The van der Waals surface area contributed by atoms with Crippen molar-refractivity contribution in [1.82, 2.24) is 0 Å². The van der Waals surface area contributed by atoms with Crippen molar-refractivity contribution in [2.24, 2.45) is 62.2 Å². The molecule has 6 nitrogen and oxygen atoms in total. The number of nitrogens with zero attached hydrogens (tertiary/aromatic N) is 2. The molecular weight excluding hydrogens is 488 g/mol. The van der Waals surface area contributed by atoms with E-state index in [4.69, 9.17) is 19.5 Å². The molecule has 0 radical (unpaired) electrons. The van der Waals surface area contributed by atoms with Gasteiger partial charge in [0.15, 0.2) is 11.4 Å². The van der Waals surface area contributed by atoms with Crippen molar-refractivity contribution >= 4 is 23.4 Å². The van der Waals surface area contributed by atoms with Crippen LogP contribution in [0.1, 0.15) is 105 Å². The van der Waals surface area contributed by atoms with Crippen LogP contribution >= 0.6 is 0 Å². The molecule has 0 spiro atoms. The minimum absolute atomic E-state index is 0.0378. The molecule has 0 N–H and O–H groups in total. The number of hydrogen-bond donors (Lipinski definition) is 0. The first-order valence-electron chi connectivity index (χ1n) is 15.9. The van der Waals surface area contributed by atoms with Crippen LogP contribution in [0.5, 0.6) is 0 Å². The highest BCUT2D eigenvalue weighted by molar-refractivity contribution is 6.79. The molecule has 5 rings (SSSR count). The lowest BCUT2D eigenvalue weighted by Crippen LogP contribution is -2.57. The first-order valence-corrected chi connectivity index (χ1v) is 15.9. The third-order valence-electron chi connectivity index (χ3n) is 12.5. The summed E-state index contributed by atoms with van der Waals surface area (Å²) in [5, 5.41) is 0. The summed E-state index contributed by atoms with van der Waals surface area (Å²) in [5.41, 5.74) is 0.770. The van der Waals surface area contributed by atoms with E-state index in [1.165, 1.54) is 72.0 Å². The van der Waals surface area contributed by atoms with Gasteiger partial charge in [0.1, 0.15) is 0 Å². The quantitative estimate of drug-likeness (QED) is 0.337. The Hall–Kier alpha value is -1.72. The molecule has 1 aliphatic heterocycles. The largest absolute Gasteiger partial charge is 0.464 e. The highest BCUT2D eigenvalue weighted by Crippen LogP contribution is 2.68. The van der Waals surface area contributed by atoms with Crippen molar-refractivity contribution < 1.29 is 19.1 Å². The number of carbonyl (C=O) groups is 2. The van der Waals surface area contributed by atoms with Crippen molar-refractivity contribution in [3.63, 3.8) is 0 Å². The van der Waals surface area contributed by atoms with Crippen molar-refractivity contribution in [3.8, 4) is 0 Å². The molecular formula is C33H52N2O4. The molecule has 0 amide bonds. The van der Waals surface area contributed by atoms with Gasteiger partial charge in [0, 0.05) is 0 Å². The smallest absolute Gasteiger partial charge is 0.358 e. The van der Waals surface area contributed by atoms with Crippen LogP contribution in [0.2, 0.25) is 0 Å². The molecule has 5 aliphatic rings. The van der Waals surface area contributed by atoms with Gasteiger partial charge < -0.3 is 9.47 Å². The molecule has 218 valence electrons. The number of methoxy groups -OCH3 is 2. The third kappa shape index (κ3) is 4.90. The van der Waals surface area contributed by atoms with E-state index >= 15 is 0 Å². The second kappa shape index (κ2) is 10.9. The summed E-state index contributed by atoms with van der Waals surface area (Å²) < 4.78 is 9.92. The Morgan fingerprint density at radius 2 is 1.49 bits per heavy atom. The van der Waals surface area contributed by atoms with Crippen molar-refractivity contribution in [2.75, 3.05) is 14.2 Å². The minimum atomic E-state index is -0.601. The van der Waals surface area contributed by atoms with E-state index in [1.807, 2.05) is 0 Å². The van der Waals surface area contributed by atoms with Crippen molar-refractivity contribution in [1.29, 1.82) is 0 Å². The Kier molecular flexibility index (Phi) is 8.07. The predicted octanol–water partition coefficient (Wildman–Crippen LogP) is 6.70. The highest BCUT2D eigenvalue weighted by Gasteiger charge is 2.62. The van der Waals surface area contributed by atoms with Crippen LogP contribution in [0.15, 0.2) is 9.98 Å². The maximum atomic E-state index is 12.6. The summed E-state index contributed by atoms with van der Waals surface area (Å²) in [4.78, 5) is 34.7. The topological polar surface area (TPSA) is 77.3 Å². The molecule has 4 aliphatic carbocycles. The number of rotatable bonds is 7. The van der Waals surface area contributed by atoms with Crippen molar-refractivity contribution in [3.05, 3.63) is 0 Å². The standard InChI is InChI=1S/C33H52N2O4/c1-19(2)9-8-10-20(3)23-13-14-24-22-12-11-21-17-26-27(18-33(21,5)25(22)15-16-32(23,24)4)35-29(31(37)39-7)28(34-26)30(36)38-6/h19-27H,8-18H2,1-7H3. The van der Waals surface area contributed by atoms with E-state index in [0.29, 0.717) is 17.3 Å². The van der Waals surface area contributed by atoms with Gasteiger partial charge in [0.05, 0.1) is 26.3 Å². The maximum Gasteiger partial charge on any atom is 0.358 e. The molecule has 0 aromatic rings. The molecule has 4 saturated carbocycles. The van der Waals surface area contributed by atoms with Crippen LogP contribution < -0.4 is 0 Å². The zero-order valence-corrected chi connectivity index (χ0v) is 25.5. The molecule has 0 saturated heterocycles. The average molecular weight is 541 g/mol. The van der Waals surface area contributed by atoms with E-state index in [1.54, 1.807) is 0 Å². The summed E-state index contributed by atoms with van der Waals surface area (Å²) in [6, 6.07) is -0.128. The van der Waals surface area contributed by atoms with Gasteiger partial charge in [0.25, 0.3) is 0 Å². The monoisotopic (exact) mass is 540 g/mol. The van der Waals surface area contributed by atoms with Gasteiger partial charge in [0.2, 0.25) is 0 Å². The summed E-state index contributed by atoms with van der Waals surface area (Å²) in [6.07, 6.45) is 14.1. The molecule has 0 bridgehead atoms. The summed E-state index contributed by atoms with van der Waals surface area (Å²) in [7, 11) is 2.65. The number of aliphatic imine (C=N–C) groups is 2. The molecule has 1 heterocycles. The Morgan fingerprint density at radius 3 is 2.13 bits per heavy atom. The Bertz CT molecular complexity index is 1020. The second-order valence-corrected chi connectivity index (χ2v) is 14.7. The summed E-state index contributed by atoms with van der Waals surface area (Å²) >= 11 is 0. The molecule has 39 heavy (non-hydrogen) atoms. The lowest BCUT2D eigenvalue weighted by molar-refractivity contribution is -0.135. The highest BCUT2D eigenvalue weighted by atomic mass is 16.5. The van der Waals surface area contributed by atoms with Crippen LogP contribution in [-0.4, -0.2) is 49.7 Å². The van der Waals surface area contributed by atoms with E-state index in [-0.39, 0.29) is 28.9 Å². The second-order valence-electron chi connectivity index (χ2n) is 14.7. The summed E-state index contributed by atoms with van der Waals surface area (Å²) in [6.45, 7) is 12.4. The molecule has 10 unspecified atom stereocenters. The molecule has 6 heteroatoms. The van der Waals surface area contributed by atoms with Gasteiger partial charge in [-0.05, 0) is 104 Å². The molecule has 0 aromatic carbocycles.